The number of amides is 2. The highest BCUT2D eigenvalue weighted by Gasteiger charge is 2.29. The number of hydrogen-bond acceptors (Lipinski definition) is 5. The summed E-state index contributed by atoms with van der Waals surface area (Å²) in [6, 6.07) is 1.66. The minimum atomic E-state index is -3.49. The summed E-state index contributed by atoms with van der Waals surface area (Å²) in [5, 5.41) is 16.2. The summed E-state index contributed by atoms with van der Waals surface area (Å²) in [7, 11) is -1.65. The van der Waals surface area contributed by atoms with Crippen molar-refractivity contribution in [2.75, 3.05) is 19.0 Å². The summed E-state index contributed by atoms with van der Waals surface area (Å²) in [6.45, 7) is 0.967. The van der Waals surface area contributed by atoms with Crippen LogP contribution in [-0.4, -0.2) is 39.7 Å². The summed E-state index contributed by atoms with van der Waals surface area (Å²) in [5.41, 5.74) is 5.77. The molecule has 2 aliphatic carbocycles. The first-order valence-electron chi connectivity index (χ1n) is 9.84. The average Bonchev–Trinajstić information content (AvgIpc) is 3.30. The standard InChI is InChI=1S/C19H24N6O3S/c1-21-13-9-25-18(28-10-13)16(8-22-25)29(20,27)24-19(26)23-17-14-4-2-3-11(14)7-12-5-6-15(12)17/h7-8,13,21H,2-6,9-10H2,1H3,(H3,20,23,24,26,27)/t13-,29+/m0/s1. The molecule has 0 fully saturated rings. The Morgan fingerprint density at radius 3 is 2.86 bits per heavy atom. The van der Waals surface area contributed by atoms with Crippen molar-refractivity contribution in [3.8, 4) is 5.88 Å². The van der Waals surface area contributed by atoms with Crippen LogP contribution in [0.2, 0.25) is 0 Å². The second-order valence-electron chi connectivity index (χ2n) is 7.76. The Bertz CT molecular complexity index is 1130. The van der Waals surface area contributed by atoms with E-state index in [0.29, 0.717) is 19.0 Å². The summed E-state index contributed by atoms with van der Waals surface area (Å²) < 4.78 is 24.2. The molecule has 0 saturated heterocycles. The summed E-state index contributed by atoms with van der Waals surface area (Å²) in [6.07, 6.45) is 6.40. The zero-order valence-electron chi connectivity index (χ0n) is 16.2. The number of carbonyl (C=O) groups is 1. The zero-order chi connectivity index (χ0) is 20.2. The molecule has 1 aromatic heterocycles. The zero-order valence-corrected chi connectivity index (χ0v) is 17.1. The van der Waals surface area contributed by atoms with E-state index in [1.807, 2.05) is 7.05 Å². The smallest absolute Gasteiger partial charge is 0.354 e. The molecule has 4 N–H and O–H groups in total. The van der Waals surface area contributed by atoms with E-state index in [1.54, 1.807) is 4.68 Å². The molecule has 3 aliphatic rings. The maximum absolute atomic E-state index is 13.1. The van der Waals surface area contributed by atoms with Crippen molar-refractivity contribution in [1.82, 2.24) is 15.1 Å². The lowest BCUT2D eigenvalue weighted by atomic mass is 9.83. The molecule has 2 heterocycles. The average molecular weight is 417 g/mol. The van der Waals surface area contributed by atoms with E-state index in [2.05, 4.69) is 26.2 Å². The first-order valence-corrected chi connectivity index (χ1v) is 11.4. The minimum Gasteiger partial charge on any atom is -0.475 e. The molecule has 2 amide bonds. The van der Waals surface area contributed by atoms with Gasteiger partial charge in [-0.15, -0.1) is 4.36 Å². The van der Waals surface area contributed by atoms with Crippen LogP contribution in [0.4, 0.5) is 10.5 Å². The largest absolute Gasteiger partial charge is 0.475 e. The monoisotopic (exact) mass is 416 g/mol. The molecule has 0 unspecified atom stereocenters. The Morgan fingerprint density at radius 2 is 2.10 bits per heavy atom. The molecular formula is C19H24N6O3S. The third-order valence-corrected chi connectivity index (χ3v) is 7.34. The lowest BCUT2D eigenvalue weighted by Gasteiger charge is -2.25. The molecule has 9 nitrogen and oxygen atoms in total. The molecule has 2 aromatic rings. The molecule has 0 saturated carbocycles. The fourth-order valence-corrected chi connectivity index (χ4v) is 5.35. The van der Waals surface area contributed by atoms with Crippen molar-refractivity contribution < 1.29 is 13.7 Å². The number of nitrogens with one attached hydrogen (secondary N) is 2. The van der Waals surface area contributed by atoms with Crippen molar-refractivity contribution in [1.29, 1.82) is 0 Å². The quantitative estimate of drug-likeness (QED) is 0.697. The van der Waals surface area contributed by atoms with Crippen LogP contribution >= 0.6 is 0 Å². The van der Waals surface area contributed by atoms with Crippen LogP contribution in [0.25, 0.3) is 0 Å². The SMILES string of the molecule is CN[C@@H]1COc2c([S@](N)(=O)=NC(=O)Nc3c4c(cc5c3CC5)CCC4)cnn2C1. The van der Waals surface area contributed by atoms with Gasteiger partial charge in [-0.3, -0.25) is 0 Å². The maximum atomic E-state index is 13.1. The van der Waals surface area contributed by atoms with Gasteiger partial charge >= 0.3 is 6.03 Å². The van der Waals surface area contributed by atoms with Crippen LogP contribution in [0.15, 0.2) is 21.5 Å². The minimum absolute atomic E-state index is 0.0997. The van der Waals surface area contributed by atoms with Crippen LogP contribution in [0.1, 0.15) is 28.7 Å². The van der Waals surface area contributed by atoms with E-state index < -0.39 is 15.9 Å². The van der Waals surface area contributed by atoms with Gasteiger partial charge in [0, 0.05) is 5.69 Å². The highest BCUT2D eigenvalue weighted by molar-refractivity contribution is 7.91. The van der Waals surface area contributed by atoms with Crippen LogP contribution in [0.3, 0.4) is 0 Å². The third kappa shape index (κ3) is 3.11. The predicted octanol–water partition coefficient (Wildman–Crippen LogP) is 1.38. The van der Waals surface area contributed by atoms with E-state index in [9.17, 15) is 9.00 Å². The van der Waals surface area contributed by atoms with Gasteiger partial charge in [0.15, 0.2) is 9.92 Å². The second-order valence-corrected chi connectivity index (χ2v) is 9.52. The van der Waals surface area contributed by atoms with E-state index in [-0.39, 0.29) is 10.9 Å². The summed E-state index contributed by atoms with van der Waals surface area (Å²) in [4.78, 5) is 12.8. The van der Waals surface area contributed by atoms with Crippen molar-refractivity contribution in [3.05, 3.63) is 34.5 Å². The molecule has 1 aliphatic heterocycles. The van der Waals surface area contributed by atoms with Gasteiger partial charge in [0.2, 0.25) is 5.88 Å². The van der Waals surface area contributed by atoms with Crippen molar-refractivity contribution >= 4 is 21.6 Å². The van der Waals surface area contributed by atoms with E-state index in [0.717, 1.165) is 37.8 Å². The van der Waals surface area contributed by atoms with Crippen molar-refractivity contribution in [2.24, 2.45) is 9.50 Å². The Hall–Kier alpha value is -2.43. The lowest BCUT2D eigenvalue weighted by molar-refractivity contribution is 0.184. The number of urea groups is 1. The number of anilines is 1. The Kier molecular flexibility index (Phi) is 4.37. The molecule has 0 spiro atoms. The van der Waals surface area contributed by atoms with Crippen LogP contribution in [0, 0.1) is 0 Å². The number of benzene rings is 1. The van der Waals surface area contributed by atoms with Gasteiger partial charge in [0.05, 0.1) is 18.8 Å². The Labute approximate surface area is 169 Å². The van der Waals surface area contributed by atoms with Gasteiger partial charge < -0.3 is 15.4 Å². The second kappa shape index (κ2) is 6.82. The lowest BCUT2D eigenvalue weighted by Crippen LogP contribution is -2.40. The number of hydrogen-bond donors (Lipinski definition) is 3. The number of ether oxygens (including phenoxy) is 1. The molecule has 0 bridgehead atoms. The fraction of sp³-hybridized carbons (Fsp3) is 0.474. The van der Waals surface area contributed by atoms with Gasteiger partial charge in [0.25, 0.3) is 0 Å². The van der Waals surface area contributed by atoms with Crippen LogP contribution in [-0.2, 0) is 42.1 Å². The third-order valence-electron chi connectivity index (χ3n) is 5.99. The highest BCUT2D eigenvalue weighted by atomic mass is 32.2. The van der Waals surface area contributed by atoms with Gasteiger partial charge in [-0.2, -0.15) is 5.10 Å². The molecule has 154 valence electrons. The van der Waals surface area contributed by atoms with Crippen LogP contribution in [0.5, 0.6) is 5.88 Å². The molecule has 10 heteroatoms. The highest BCUT2D eigenvalue weighted by Crippen LogP contribution is 2.39. The van der Waals surface area contributed by atoms with E-state index in [1.165, 1.54) is 28.5 Å². The number of rotatable bonds is 3. The Morgan fingerprint density at radius 1 is 1.31 bits per heavy atom. The van der Waals surface area contributed by atoms with Gasteiger partial charge in [-0.1, -0.05) is 6.07 Å². The normalized spacial score (nSPS) is 21.1. The number of nitrogens with zero attached hydrogens (tertiary/aromatic N) is 3. The number of nitrogens with two attached hydrogens (primary N) is 1. The molecule has 1 aromatic carbocycles. The van der Waals surface area contributed by atoms with Gasteiger partial charge in [-0.05, 0) is 61.4 Å². The van der Waals surface area contributed by atoms with E-state index in [4.69, 9.17) is 9.88 Å². The molecule has 2 atom stereocenters. The fourth-order valence-electron chi connectivity index (χ4n) is 4.35. The predicted molar refractivity (Wildman–Crippen MR) is 108 cm³/mol. The Balaban J connectivity index is 1.44. The molecular weight excluding hydrogens is 392 g/mol. The van der Waals surface area contributed by atoms with Crippen molar-refractivity contribution in [3.63, 3.8) is 0 Å². The first kappa shape index (κ1) is 18.6. The molecule has 0 radical (unpaired) electrons. The maximum Gasteiger partial charge on any atom is 0.354 e. The molecule has 29 heavy (non-hydrogen) atoms. The van der Waals surface area contributed by atoms with Crippen LogP contribution < -0.4 is 20.5 Å². The van der Waals surface area contributed by atoms with E-state index >= 15 is 0 Å². The summed E-state index contributed by atoms with van der Waals surface area (Å²) in [5.74, 6) is 0.310. The van der Waals surface area contributed by atoms with Gasteiger partial charge in [0.1, 0.15) is 11.5 Å². The number of likely N-dealkylation sites (N-methyl/N-ethyl adjacent to an activating group) is 1. The van der Waals surface area contributed by atoms with Crippen molar-refractivity contribution in [2.45, 2.75) is 49.6 Å². The number of carbonyl (C=O) groups excluding carboxylic acids is 1. The summed E-state index contributed by atoms with van der Waals surface area (Å²) >= 11 is 0. The van der Waals surface area contributed by atoms with Gasteiger partial charge in [-0.25, -0.2) is 18.8 Å². The molecule has 5 rings (SSSR count). The number of fused-ring (bicyclic) bond motifs is 3. The number of aryl methyl sites for hydroxylation is 2. The topological polar surface area (TPSA) is 124 Å². The number of aromatic nitrogens is 2. The first-order chi connectivity index (χ1) is 14.0.